The minimum atomic E-state index is -0.610. The van der Waals surface area contributed by atoms with Crippen molar-refractivity contribution < 1.29 is 14.5 Å². The van der Waals surface area contributed by atoms with E-state index in [-0.39, 0.29) is 23.0 Å². The number of amides is 1. The van der Waals surface area contributed by atoms with E-state index in [4.69, 9.17) is 27.9 Å². The van der Waals surface area contributed by atoms with Gasteiger partial charge in [0, 0.05) is 27.9 Å². The number of nitro groups is 1. The van der Waals surface area contributed by atoms with Gasteiger partial charge in [0.2, 0.25) is 0 Å². The van der Waals surface area contributed by atoms with Crippen molar-refractivity contribution in [1.29, 1.82) is 0 Å². The first-order valence-electron chi connectivity index (χ1n) is 8.15. The maximum Gasteiger partial charge on any atom is 0.289 e. The van der Waals surface area contributed by atoms with Crippen LogP contribution in [0.25, 0.3) is 0 Å². The molecule has 8 heteroatoms. The first kappa shape index (κ1) is 19.7. The molecule has 142 valence electrons. The third-order valence-corrected chi connectivity index (χ3v) is 4.54. The molecule has 0 saturated heterocycles. The molecule has 0 aliphatic heterocycles. The van der Waals surface area contributed by atoms with Crippen molar-refractivity contribution in [3.05, 3.63) is 98.0 Å². The summed E-state index contributed by atoms with van der Waals surface area (Å²) in [4.78, 5) is 22.8. The maximum absolute atomic E-state index is 12.5. The van der Waals surface area contributed by atoms with E-state index >= 15 is 0 Å². The first-order chi connectivity index (χ1) is 13.4. The minimum Gasteiger partial charge on any atom is -0.489 e. The largest absolute Gasteiger partial charge is 0.489 e. The van der Waals surface area contributed by atoms with Gasteiger partial charge in [-0.05, 0) is 36.4 Å². The van der Waals surface area contributed by atoms with Crippen molar-refractivity contribution in [3.63, 3.8) is 0 Å². The van der Waals surface area contributed by atoms with E-state index < -0.39 is 10.8 Å². The molecule has 0 heterocycles. The Morgan fingerprint density at radius 1 is 1.00 bits per heavy atom. The van der Waals surface area contributed by atoms with Crippen molar-refractivity contribution in [1.82, 2.24) is 0 Å². The molecule has 28 heavy (non-hydrogen) atoms. The van der Waals surface area contributed by atoms with Crippen LogP contribution >= 0.6 is 23.2 Å². The number of halogens is 2. The van der Waals surface area contributed by atoms with Crippen LogP contribution in [0, 0.1) is 10.1 Å². The number of rotatable bonds is 6. The molecule has 0 radical (unpaired) electrons. The Labute approximate surface area is 170 Å². The lowest BCUT2D eigenvalue weighted by Gasteiger charge is -2.10. The van der Waals surface area contributed by atoms with Gasteiger partial charge < -0.3 is 10.1 Å². The van der Waals surface area contributed by atoms with Crippen molar-refractivity contribution in [3.8, 4) is 5.75 Å². The number of nitro benzene ring substituents is 1. The number of nitrogens with zero attached hydrogens (tertiary/aromatic N) is 1. The summed E-state index contributed by atoms with van der Waals surface area (Å²) >= 11 is 11.9. The summed E-state index contributed by atoms with van der Waals surface area (Å²) in [5.41, 5.74) is 1.15. The van der Waals surface area contributed by atoms with E-state index in [0.717, 1.165) is 5.56 Å². The van der Waals surface area contributed by atoms with Gasteiger partial charge in [-0.15, -0.1) is 0 Å². The number of anilines is 1. The van der Waals surface area contributed by atoms with Gasteiger partial charge >= 0.3 is 0 Å². The number of benzene rings is 3. The van der Waals surface area contributed by atoms with Crippen LogP contribution in [-0.2, 0) is 6.61 Å². The molecular weight excluding hydrogens is 403 g/mol. The second kappa shape index (κ2) is 8.73. The molecule has 0 aliphatic rings. The number of carbonyl (C=O) groups excluding carboxylic acids is 1. The van der Waals surface area contributed by atoms with Crippen LogP contribution in [0.5, 0.6) is 5.75 Å². The maximum atomic E-state index is 12.5. The lowest BCUT2D eigenvalue weighted by Crippen LogP contribution is -2.12. The Morgan fingerprint density at radius 2 is 1.79 bits per heavy atom. The fraction of sp³-hybridized carbons (Fsp3) is 0.0500. The fourth-order valence-electron chi connectivity index (χ4n) is 2.44. The zero-order chi connectivity index (χ0) is 20.1. The van der Waals surface area contributed by atoms with Crippen LogP contribution in [0.15, 0.2) is 66.7 Å². The van der Waals surface area contributed by atoms with Gasteiger partial charge in [0.1, 0.15) is 17.4 Å². The first-order valence-corrected chi connectivity index (χ1v) is 8.91. The molecule has 0 fully saturated rings. The third kappa shape index (κ3) is 4.79. The fourth-order valence-corrected chi connectivity index (χ4v) is 2.81. The van der Waals surface area contributed by atoms with Crippen molar-refractivity contribution >= 4 is 40.5 Å². The predicted octanol–water partition coefficient (Wildman–Crippen LogP) is 5.73. The van der Waals surface area contributed by atoms with Crippen molar-refractivity contribution in [2.75, 3.05) is 5.32 Å². The van der Waals surface area contributed by atoms with Gasteiger partial charge in [-0.25, -0.2) is 0 Å². The number of hydrogen-bond acceptors (Lipinski definition) is 4. The highest BCUT2D eigenvalue weighted by molar-refractivity contribution is 6.32. The van der Waals surface area contributed by atoms with Gasteiger partial charge in [0.05, 0.1) is 4.92 Å². The van der Waals surface area contributed by atoms with E-state index in [1.54, 1.807) is 30.3 Å². The normalized spacial score (nSPS) is 10.4. The highest BCUT2D eigenvalue weighted by atomic mass is 35.5. The minimum absolute atomic E-state index is 0.00188. The number of nitrogens with one attached hydrogen (secondary N) is 1. The zero-order valence-corrected chi connectivity index (χ0v) is 15.9. The van der Waals surface area contributed by atoms with Gasteiger partial charge in [0.25, 0.3) is 11.6 Å². The summed E-state index contributed by atoms with van der Waals surface area (Å²) in [7, 11) is 0. The standard InChI is InChI=1S/C20H14Cl2N2O4/c21-17-7-2-1-4-14(17)12-28-16-6-3-5-13(10-16)20(25)23-15-8-9-18(22)19(11-15)24(26)27/h1-11H,12H2,(H,23,25). The van der Waals surface area contributed by atoms with E-state index in [1.165, 1.54) is 18.2 Å². The molecule has 0 saturated carbocycles. The Kier molecular flexibility index (Phi) is 6.13. The summed E-state index contributed by atoms with van der Waals surface area (Å²) in [5.74, 6) is 0.0643. The molecule has 3 rings (SSSR count). The summed E-state index contributed by atoms with van der Waals surface area (Å²) < 4.78 is 5.71. The molecule has 0 spiro atoms. The third-order valence-electron chi connectivity index (χ3n) is 3.85. The number of hydrogen-bond donors (Lipinski definition) is 1. The SMILES string of the molecule is O=C(Nc1ccc(Cl)c([N+](=O)[O-])c1)c1cccc(OCc2ccccc2Cl)c1. The van der Waals surface area contributed by atoms with Crippen LogP contribution in [0.2, 0.25) is 10.0 Å². The lowest BCUT2D eigenvalue weighted by molar-refractivity contribution is -0.384. The smallest absolute Gasteiger partial charge is 0.289 e. The predicted molar refractivity (Wildman–Crippen MR) is 108 cm³/mol. The zero-order valence-electron chi connectivity index (χ0n) is 14.4. The van der Waals surface area contributed by atoms with Gasteiger partial charge in [0.15, 0.2) is 0 Å². The molecular formula is C20H14Cl2N2O4. The highest BCUT2D eigenvalue weighted by Crippen LogP contribution is 2.28. The molecule has 0 unspecified atom stereocenters. The summed E-state index contributed by atoms with van der Waals surface area (Å²) in [6.07, 6.45) is 0. The van der Waals surface area contributed by atoms with Crippen molar-refractivity contribution in [2.45, 2.75) is 6.61 Å². The quantitative estimate of drug-likeness (QED) is 0.410. The Bertz CT molecular complexity index is 1040. The molecule has 3 aromatic carbocycles. The average molecular weight is 417 g/mol. The van der Waals surface area contributed by atoms with E-state index in [2.05, 4.69) is 5.32 Å². The molecule has 0 bridgehead atoms. The molecule has 0 aromatic heterocycles. The Morgan fingerprint density at radius 3 is 2.54 bits per heavy atom. The second-order valence-electron chi connectivity index (χ2n) is 5.79. The number of ether oxygens (including phenoxy) is 1. The summed E-state index contributed by atoms with van der Waals surface area (Å²) in [5, 5.41) is 14.2. The van der Waals surface area contributed by atoms with E-state index in [0.29, 0.717) is 16.3 Å². The highest BCUT2D eigenvalue weighted by Gasteiger charge is 2.15. The summed E-state index contributed by atoms with van der Waals surface area (Å²) in [6, 6.07) is 18.0. The Hall–Kier alpha value is -3.09. The monoisotopic (exact) mass is 416 g/mol. The molecule has 0 atom stereocenters. The average Bonchev–Trinajstić information content (AvgIpc) is 2.69. The van der Waals surface area contributed by atoms with Crippen LogP contribution in [0.3, 0.4) is 0 Å². The van der Waals surface area contributed by atoms with Crippen LogP contribution in [-0.4, -0.2) is 10.8 Å². The van der Waals surface area contributed by atoms with Gasteiger partial charge in [-0.1, -0.05) is 47.5 Å². The number of carbonyl (C=O) groups is 1. The topological polar surface area (TPSA) is 81.5 Å². The van der Waals surface area contributed by atoms with Crippen LogP contribution in [0.1, 0.15) is 15.9 Å². The molecule has 1 amide bonds. The lowest BCUT2D eigenvalue weighted by atomic mass is 10.2. The van der Waals surface area contributed by atoms with Crippen molar-refractivity contribution in [2.24, 2.45) is 0 Å². The molecule has 6 nitrogen and oxygen atoms in total. The van der Waals surface area contributed by atoms with E-state index in [9.17, 15) is 14.9 Å². The second-order valence-corrected chi connectivity index (χ2v) is 6.60. The van der Waals surface area contributed by atoms with Gasteiger partial charge in [-0.2, -0.15) is 0 Å². The Balaban J connectivity index is 1.71. The van der Waals surface area contributed by atoms with Crippen LogP contribution in [0.4, 0.5) is 11.4 Å². The molecule has 0 aliphatic carbocycles. The van der Waals surface area contributed by atoms with Gasteiger partial charge in [-0.3, -0.25) is 14.9 Å². The molecule has 1 N–H and O–H groups in total. The van der Waals surface area contributed by atoms with Crippen LogP contribution < -0.4 is 10.1 Å². The summed E-state index contributed by atoms with van der Waals surface area (Å²) in [6.45, 7) is 0.258. The van der Waals surface area contributed by atoms with E-state index in [1.807, 2.05) is 18.2 Å². The molecule has 3 aromatic rings.